The smallest absolute Gasteiger partial charge is 0.338 e. The maximum Gasteiger partial charge on any atom is 0.338 e. The first-order chi connectivity index (χ1) is 9.83. The molecule has 0 N–H and O–H groups in total. The predicted molar refractivity (Wildman–Crippen MR) is 78.4 cm³/mol. The SMILES string of the molecule is CCCCCCCCOC(=O)[C@H]1O[C@@H]1c1ccccc1. The summed E-state index contributed by atoms with van der Waals surface area (Å²) in [5.41, 5.74) is 1.05. The Morgan fingerprint density at radius 3 is 2.55 bits per heavy atom. The van der Waals surface area contributed by atoms with Crippen LogP contribution in [0, 0.1) is 0 Å². The molecule has 1 aromatic carbocycles. The molecule has 1 saturated heterocycles. The molecule has 1 aliphatic heterocycles. The van der Waals surface area contributed by atoms with Gasteiger partial charge in [0.1, 0.15) is 6.10 Å². The number of hydrogen-bond donors (Lipinski definition) is 0. The topological polar surface area (TPSA) is 38.8 Å². The number of ether oxygens (including phenoxy) is 2. The van der Waals surface area contributed by atoms with Crippen LogP contribution in [-0.2, 0) is 14.3 Å². The minimum Gasteiger partial charge on any atom is -0.464 e. The van der Waals surface area contributed by atoms with E-state index in [2.05, 4.69) is 6.92 Å². The van der Waals surface area contributed by atoms with E-state index >= 15 is 0 Å². The van der Waals surface area contributed by atoms with Crippen molar-refractivity contribution in [1.29, 1.82) is 0 Å². The summed E-state index contributed by atoms with van der Waals surface area (Å²) in [7, 11) is 0. The van der Waals surface area contributed by atoms with E-state index < -0.39 is 6.10 Å². The molecule has 2 rings (SSSR count). The Morgan fingerprint density at radius 2 is 1.80 bits per heavy atom. The third-order valence-corrected chi connectivity index (χ3v) is 3.59. The lowest BCUT2D eigenvalue weighted by atomic mass is 10.1. The Hall–Kier alpha value is -1.35. The Bertz CT molecular complexity index is 402. The van der Waals surface area contributed by atoms with E-state index in [9.17, 15) is 4.79 Å². The molecule has 0 bridgehead atoms. The van der Waals surface area contributed by atoms with Crippen LogP contribution >= 0.6 is 0 Å². The van der Waals surface area contributed by atoms with E-state index in [1.165, 1.54) is 25.7 Å². The van der Waals surface area contributed by atoms with E-state index in [-0.39, 0.29) is 12.1 Å². The lowest BCUT2D eigenvalue weighted by Gasteiger charge is -2.03. The van der Waals surface area contributed by atoms with Crippen LogP contribution in [0.3, 0.4) is 0 Å². The third kappa shape index (κ3) is 4.64. The summed E-state index contributed by atoms with van der Waals surface area (Å²) in [4.78, 5) is 11.8. The minimum absolute atomic E-state index is 0.103. The first-order valence-corrected chi connectivity index (χ1v) is 7.70. The van der Waals surface area contributed by atoms with Crippen molar-refractivity contribution in [2.75, 3.05) is 6.61 Å². The van der Waals surface area contributed by atoms with Gasteiger partial charge in [0.05, 0.1) is 6.61 Å². The molecule has 20 heavy (non-hydrogen) atoms. The summed E-state index contributed by atoms with van der Waals surface area (Å²) in [5, 5.41) is 0. The van der Waals surface area contributed by atoms with Crippen molar-refractivity contribution in [3.63, 3.8) is 0 Å². The molecule has 1 fully saturated rings. The first-order valence-electron chi connectivity index (χ1n) is 7.70. The van der Waals surface area contributed by atoms with Crippen molar-refractivity contribution in [2.24, 2.45) is 0 Å². The highest BCUT2D eigenvalue weighted by Crippen LogP contribution is 2.39. The Labute approximate surface area is 121 Å². The fourth-order valence-electron chi connectivity index (χ4n) is 2.33. The molecule has 1 aromatic rings. The zero-order valence-electron chi connectivity index (χ0n) is 12.2. The van der Waals surface area contributed by atoms with Gasteiger partial charge < -0.3 is 9.47 Å². The van der Waals surface area contributed by atoms with E-state index in [1.807, 2.05) is 30.3 Å². The first kappa shape index (κ1) is 15.0. The van der Waals surface area contributed by atoms with Gasteiger partial charge in [-0.2, -0.15) is 0 Å². The van der Waals surface area contributed by atoms with Crippen LogP contribution in [0.1, 0.15) is 57.1 Å². The molecule has 0 spiro atoms. The minimum atomic E-state index is -0.391. The normalized spacial score (nSPS) is 20.6. The Balaban J connectivity index is 1.56. The highest BCUT2D eigenvalue weighted by molar-refractivity contribution is 5.78. The average Bonchev–Trinajstić information content (AvgIpc) is 3.27. The number of unbranched alkanes of at least 4 members (excludes halogenated alkanes) is 5. The van der Waals surface area contributed by atoms with Gasteiger partial charge in [-0.05, 0) is 12.0 Å². The molecular formula is C17H24O3. The summed E-state index contributed by atoms with van der Waals surface area (Å²) in [6, 6.07) is 9.82. The summed E-state index contributed by atoms with van der Waals surface area (Å²) >= 11 is 0. The van der Waals surface area contributed by atoms with Gasteiger partial charge in [-0.3, -0.25) is 0 Å². The average molecular weight is 276 g/mol. The second-order valence-corrected chi connectivity index (χ2v) is 5.32. The van der Waals surface area contributed by atoms with Crippen molar-refractivity contribution < 1.29 is 14.3 Å². The van der Waals surface area contributed by atoms with Gasteiger partial charge in [-0.25, -0.2) is 4.79 Å². The number of rotatable bonds is 9. The van der Waals surface area contributed by atoms with Crippen molar-refractivity contribution in [3.05, 3.63) is 35.9 Å². The van der Waals surface area contributed by atoms with Gasteiger partial charge in [0.25, 0.3) is 0 Å². The fraction of sp³-hybridized carbons (Fsp3) is 0.588. The van der Waals surface area contributed by atoms with E-state index in [4.69, 9.17) is 9.47 Å². The second-order valence-electron chi connectivity index (χ2n) is 5.32. The number of carbonyl (C=O) groups excluding carboxylic acids is 1. The molecule has 1 aliphatic rings. The van der Waals surface area contributed by atoms with Crippen LogP contribution in [0.4, 0.5) is 0 Å². The number of carbonyl (C=O) groups is 1. The highest BCUT2D eigenvalue weighted by atomic mass is 16.6. The van der Waals surface area contributed by atoms with Gasteiger partial charge in [0, 0.05) is 0 Å². The number of hydrogen-bond acceptors (Lipinski definition) is 3. The molecule has 0 aromatic heterocycles. The summed E-state index contributed by atoms with van der Waals surface area (Å²) in [6.45, 7) is 2.73. The van der Waals surface area contributed by atoms with E-state index in [0.717, 1.165) is 18.4 Å². The summed E-state index contributed by atoms with van der Waals surface area (Å²) in [5.74, 6) is -0.215. The van der Waals surface area contributed by atoms with Gasteiger partial charge >= 0.3 is 5.97 Å². The lowest BCUT2D eigenvalue weighted by Crippen LogP contribution is -2.13. The highest BCUT2D eigenvalue weighted by Gasteiger charge is 2.47. The molecule has 1 heterocycles. The van der Waals surface area contributed by atoms with E-state index in [0.29, 0.717) is 6.61 Å². The van der Waals surface area contributed by atoms with Crippen LogP contribution in [0.15, 0.2) is 30.3 Å². The second kappa shape index (κ2) is 8.05. The van der Waals surface area contributed by atoms with Crippen molar-refractivity contribution in [3.8, 4) is 0 Å². The Morgan fingerprint density at radius 1 is 1.10 bits per heavy atom. The zero-order chi connectivity index (χ0) is 14.2. The lowest BCUT2D eigenvalue weighted by molar-refractivity contribution is -0.145. The predicted octanol–water partition coefficient (Wildman–Crippen LogP) is 4.03. The Kier molecular flexibility index (Phi) is 6.06. The van der Waals surface area contributed by atoms with Crippen LogP contribution in [0.5, 0.6) is 0 Å². The molecule has 110 valence electrons. The molecule has 0 saturated carbocycles. The van der Waals surface area contributed by atoms with Gasteiger partial charge in [-0.15, -0.1) is 0 Å². The quantitative estimate of drug-likeness (QED) is 0.388. The van der Waals surface area contributed by atoms with Crippen molar-refractivity contribution >= 4 is 5.97 Å². The van der Waals surface area contributed by atoms with Crippen LogP contribution in [-0.4, -0.2) is 18.7 Å². The number of benzene rings is 1. The maximum atomic E-state index is 11.8. The number of esters is 1. The van der Waals surface area contributed by atoms with Crippen LogP contribution in [0.25, 0.3) is 0 Å². The van der Waals surface area contributed by atoms with Crippen LogP contribution in [0.2, 0.25) is 0 Å². The molecule has 0 aliphatic carbocycles. The fourth-order valence-corrected chi connectivity index (χ4v) is 2.33. The standard InChI is InChI=1S/C17H24O3/c1-2-3-4-5-6-10-13-19-17(18)16-15(20-16)14-11-8-7-9-12-14/h7-9,11-12,15-16H,2-6,10,13H2,1H3/t15-,16+/m1/s1. The maximum absolute atomic E-state index is 11.8. The molecule has 2 atom stereocenters. The molecule has 3 heteroatoms. The van der Waals surface area contributed by atoms with Crippen LogP contribution < -0.4 is 0 Å². The summed E-state index contributed by atoms with van der Waals surface area (Å²) < 4.78 is 10.7. The van der Waals surface area contributed by atoms with Crippen molar-refractivity contribution in [2.45, 2.75) is 57.7 Å². The molecule has 0 radical (unpaired) electrons. The van der Waals surface area contributed by atoms with Gasteiger partial charge in [0.2, 0.25) is 0 Å². The monoisotopic (exact) mass is 276 g/mol. The number of epoxide rings is 1. The van der Waals surface area contributed by atoms with Gasteiger partial charge in [-0.1, -0.05) is 69.4 Å². The van der Waals surface area contributed by atoms with Gasteiger partial charge in [0.15, 0.2) is 6.10 Å². The zero-order valence-corrected chi connectivity index (χ0v) is 12.2. The molecular weight excluding hydrogens is 252 g/mol. The largest absolute Gasteiger partial charge is 0.464 e. The molecule has 0 unspecified atom stereocenters. The summed E-state index contributed by atoms with van der Waals surface area (Å²) in [6.07, 6.45) is 6.68. The third-order valence-electron chi connectivity index (χ3n) is 3.59. The molecule has 0 amide bonds. The molecule has 3 nitrogen and oxygen atoms in total. The van der Waals surface area contributed by atoms with Crippen molar-refractivity contribution in [1.82, 2.24) is 0 Å². The van der Waals surface area contributed by atoms with E-state index in [1.54, 1.807) is 0 Å².